The molecular weight excluding hydrogens is 310 g/mol. The van der Waals surface area contributed by atoms with Crippen molar-refractivity contribution in [2.45, 2.75) is 38.6 Å². The molecule has 2 aromatic rings. The van der Waals surface area contributed by atoms with Gasteiger partial charge in [0.25, 0.3) is 0 Å². The van der Waals surface area contributed by atoms with E-state index in [4.69, 9.17) is 15.2 Å². The quantitative estimate of drug-likeness (QED) is 0.825. The van der Waals surface area contributed by atoms with Gasteiger partial charge in [-0.25, -0.2) is 4.79 Å². The van der Waals surface area contributed by atoms with Crippen LogP contribution in [0, 0.1) is 11.8 Å². The number of imidazole rings is 1. The van der Waals surface area contributed by atoms with Crippen LogP contribution in [-0.4, -0.2) is 39.3 Å². The lowest BCUT2D eigenvalue weighted by atomic mass is 10.0. The predicted octanol–water partition coefficient (Wildman–Crippen LogP) is 1.31. The summed E-state index contributed by atoms with van der Waals surface area (Å²) in [4.78, 5) is 23.7. The van der Waals surface area contributed by atoms with Gasteiger partial charge < -0.3 is 20.2 Å². The Morgan fingerprint density at radius 1 is 1.21 bits per heavy atom. The molecule has 0 aromatic carbocycles. The number of nitrogens with one attached hydrogen (secondary N) is 1. The Balaban J connectivity index is 1.58. The van der Waals surface area contributed by atoms with Crippen molar-refractivity contribution in [2.24, 2.45) is 11.8 Å². The molecular formula is C16H23N5O3. The van der Waals surface area contributed by atoms with E-state index >= 15 is 0 Å². The Kier molecular flexibility index (Phi) is 4.13. The van der Waals surface area contributed by atoms with Gasteiger partial charge in [-0.2, -0.15) is 9.97 Å². The monoisotopic (exact) mass is 333 g/mol. The number of fused-ring (bicyclic) bond motifs is 1. The highest BCUT2D eigenvalue weighted by atomic mass is 16.5. The number of anilines is 1. The number of hydrogen-bond acceptors (Lipinski definition) is 6. The van der Waals surface area contributed by atoms with Crippen LogP contribution in [0.15, 0.2) is 4.79 Å². The molecule has 4 rings (SSSR count). The van der Waals surface area contributed by atoms with E-state index in [2.05, 4.69) is 15.0 Å². The molecule has 3 N–H and O–H groups in total. The summed E-state index contributed by atoms with van der Waals surface area (Å²) in [6.45, 7) is 2.69. The molecule has 2 aliphatic rings. The van der Waals surface area contributed by atoms with Gasteiger partial charge in [-0.3, -0.25) is 4.57 Å². The van der Waals surface area contributed by atoms with Crippen LogP contribution in [0.4, 0.5) is 5.82 Å². The van der Waals surface area contributed by atoms with Gasteiger partial charge in [-0.1, -0.05) is 12.8 Å². The first-order chi connectivity index (χ1) is 11.7. The zero-order valence-electron chi connectivity index (χ0n) is 13.7. The van der Waals surface area contributed by atoms with Crippen LogP contribution in [0.3, 0.4) is 0 Å². The fourth-order valence-corrected chi connectivity index (χ4v) is 3.18. The molecule has 2 fully saturated rings. The van der Waals surface area contributed by atoms with Crippen molar-refractivity contribution in [3.05, 3.63) is 10.5 Å². The van der Waals surface area contributed by atoms with Crippen molar-refractivity contribution >= 4 is 17.0 Å². The van der Waals surface area contributed by atoms with Crippen molar-refractivity contribution in [2.75, 3.05) is 25.6 Å². The van der Waals surface area contributed by atoms with E-state index in [0.717, 1.165) is 38.4 Å². The summed E-state index contributed by atoms with van der Waals surface area (Å²) in [5, 5.41) is 0. The molecule has 0 unspecified atom stereocenters. The fourth-order valence-electron chi connectivity index (χ4n) is 3.18. The second-order valence-corrected chi connectivity index (χ2v) is 6.77. The van der Waals surface area contributed by atoms with Crippen LogP contribution in [0.2, 0.25) is 0 Å². The maximum absolute atomic E-state index is 12.3. The van der Waals surface area contributed by atoms with Gasteiger partial charge in [-0.05, 0) is 31.1 Å². The zero-order chi connectivity index (χ0) is 16.5. The number of nitrogens with zero attached hydrogens (tertiary/aromatic N) is 3. The Bertz CT molecular complexity index is 774. The zero-order valence-corrected chi connectivity index (χ0v) is 13.7. The van der Waals surface area contributed by atoms with Crippen LogP contribution >= 0.6 is 0 Å². The standard InChI is InChI=1S/C16H23N5O3/c17-13-12-14(20-15(19-13)24-8-5-10-1-2-10)21(16(22)18-12)9-11-3-6-23-7-4-11/h10-11H,1-9H2,(H,18,22)(H2,17,19,20). The second-order valence-electron chi connectivity index (χ2n) is 6.77. The first kappa shape index (κ1) is 15.4. The molecule has 8 nitrogen and oxygen atoms in total. The normalized spacial score (nSPS) is 19.0. The molecule has 0 spiro atoms. The highest BCUT2D eigenvalue weighted by Gasteiger charge is 2.22. The second kappa shape index (κ2) is 6.43. The number of aromatic nitrogens is 4. The topological polar surface area (TPSA) is 108 Å². The lowest BCUT2D eigenvalue weighted by Gasteiger charge is -2.22. The summed E-state index contributed by atoms with van der Waals surface area (Å²) in [6.07, 6.45) is 5.49. The van der Waals surface area contributed by atoms with E-state index in [1.807, 2.05) is 0 Å². The van der Waals surface area contributed by atoms with E-state index in [1.54, 1.807) is 4.57 Å². The number of nitrogen functional groups attached to an aromatic ring is 1. The predicted molar refractivity (Wildman–Crippen MR) is 88.9 cm³/mol. The van der Waals surface area contributed by atoms with Crippen LogP contribution < -0.4 is 16.2 Å². The van der Waals surface area contributed by atoms with Crippen LogP contribution in [0.5, 0.6) is 6.01 Å². The maximum atomic E-state index is 12.3. The third-order valence-corrected chi connectivity index (χ3v) is 4.87. The molecule has 1 aliphatic heterocycles. The van der Waals surface area contributed by atoms with Crippen LogP contribution in [0.1, 0.15) is 32.1 Å². The van der Waals surface area contributed by atoms with Crippen molar-refractivity contribution in [1.82, 2.24) is 19.5 Å². The van der Waals surface area contributed by atoms with Crippen molar-refractivity contribution in [1.29, 1.82) is 0 Å². The van der Waals surface area contributed by atoms with Gasteiger partial charge in [-0.15, -0.1) is 0 Å². The van der Waals surface area contributed by atoms with Crippen molar-refractivity contribution < 1.29 is 9.47 Å². The number of hydrogen-bond donors (Lipinski definition) is 2. The maximum Gasteiger partial charge on any atom is 0.327 e. The molecule has 2 aromatic heterocycles. The fraction of sp³-hybridized carbons (Fsp3) is 0.688. The minimum absolute atomic E-state index is 0.201. The van der Waals surface area contributed by atoms with Crippen LogP contribution in [-0.2, 0) is 11.3 Å². The molecule has 1 saturated heterocycles. The van der Waals surface area contributed by atoms with E-state index < -0.39 is 0 Å². The molecule has 130 valence electrons. The van der Waals surface area contributed by atoms with Gasteiger partial charge >= 0.3 is 11.7 Å². The molecule has 1 aliphatic carbocycles. The van der Waals surface area contributed by atoms with Crippen molar-refractivity contribution in [3.8, 4) is 6.01 Å². The first-order valence-electron chi connectivity index (χ1n) is 8.67. The Labute approximate surface area is 139 Å². The van der Waals surface area contributed by atoms with Crippen molar-refractivity contribution in [3.63, 3.8) is 0 Å². The number of nitrogens with two attached hydrogens (primary N) is 1. The largest absolute Gasteiger partial charge is 0.463 e. The Hall–Kier alpha value is -2.09. The van der Waals surface area contributed by atoms with E-state index in [1.165, 1.54) is 12.8 Å². The summed E-state index contributed by atoms with van der Waals surface area (Å²) in [5.74, 6) is 1.44. The van der Waals surface area contributed by atoms with Gasteiger partial charge in [0.15, 0.2) is 11.5 Å². The number of aromatic amines is 1. The summed E-state index contributed by atoms with van der Waals surface area (Å²) in [7, 11) is 0. The van der Waals surface area contributed by atoms with Gasteiger partial charge in [0.1, 0.15) is 5.52 Å². The molecule has 3 heterocycles. The molecule has 0 atom stereocenters. The van der Waals surface area contributed by atoms with Crippen LogP contribution in [0.25, 0.3) is 11.2 Å². The molecule has 24 heavy (non-hydrogen) atoms. The summed E-state index contributed by atoms with van der Waals surface area (Å²) in [5.41, 5.74) is 6.80. The molecule has 0 bridgehead atoms. The third-order valence-electron chi connectivity index (χ3n) is 4.87. The van der Waals surface area contributed by atoms with Gasteiger partial charge in [0.05, 0.1) is 6.61 Å². The number of H-pyrrole nitrogens is 1. The van der Waals surface area contributed by atoms with E-state index in [9.17, 15) is 4.79 Å². The Morgan fingerprint density at radius 3 is 2.75 bits per heavy atom. The number of rotatable bonds is 6. The third kappa shape index (κ3) is 3.24. The average Bonchev–Trinajstić information content (AvgIpc) is 3.35. The summed E-state index contributed by atoms with van der Waals surface area (Å²) >= 11 is 0. The molecule has 0 amide bonds. The molecule has 8 heteroatoms. The van der Waals surface area contributed by atoms with Gasteiger partial charge in [0.2, 0.25) is 0 Å². The smallest absolute Gasteiger partial charge is 0.327 e. The van der Waals surface area contributed by atoms with Gasteiger partial charge in [0, 0.05) is 19.8 Å². The minimum atomic E-state index is -0.201. The highest BCUT2D eigenvalue weighted by Crippen LogP contribution is 2.32. The summed E-state index contributed by atoms with van der Waals surface area (Å²) < 4.78 is 12.7. The van der Waals surface area contributed by atoms with E-state index in [-0.39, 0.29) is 17.5 Å². The molecule has 0 radical (unpaired) electrons. The highest BCUT2D eigenvalue weighted by molar-refractivity contribution is 5.81. The minimum Gasteiger partial charge on any atom is -0.463 e. The summed E-state index contributed by atoms with van der Waals surface area (Å²) in [6, 6.07) is 0.250. The Morgan fingerprint density at radius 2 is 2.00 bits per heavy atom. The average molecular weight is 333 g/mol. The lowest BCUT2D eigenvalue weighted by molar-refractivity contribution is 0.0613. The number of ether oxygens (including phenoxy) is 2. The molecule has 1 saturated carbocycles. The first-order valence-corrected chi connectivity index (χ1v) is 8.67. The SMILES string of the molecule is Nc1nc(OCCC2CC2)nc2c1[nH]c(=O)n2CC1CCOCC1. The lowest BCUT2D eigenvalue weighted by Crippen LogP contribution is -2.26. The van der Waals surface area contributed by atoms with E-state index in [0.29, 0.717) is 30.2 Å².